The number of aromatic amines is 1. The number of hydrogen-bond acceptors (Lipinski definition) is 4. The molecule has 1 atom stereocenters. The predicted octanol–water partition coefficient (Wildman–Crippen LogP) is 4.81. The Morgan fingerprint density at radius 2 is 2.04 bits per heavy atom. The molecule has 0 fully saturated rings. The number of thioether (sulfide) groups is 1. The summed E-state index contributed by atoms with van der Waals surface area (Å²) in [5, 5.41) is 19.2. The molecule has 0 amide bonds. The molecule has 3 aromatic rings. The van der Waals surface area contributed by atoms with Crippen molar-refractivity contribution >= 4 is 28.4 Å². The highest BCUT2D eigenvalue weighted by atomic mass is 32.2. The zero-order valence-electron chi connectivity index (χ0n) is 13.1. The van der Waals surface area contributed by atoms with Crippen LogP contribution in [0.25, 0.3) is 16.6 Å². The molecule has 1 aromatic heterocycles. The number of imidazole rings is 1. The molecule has 3 rings (SSSR count). The molecule has 7 heteroatoms. The van der Waals surface area contributed by atoms with Crippen LogP contribution in [-0.4, -0.2) is 20.3 Å². The van der Waals surface area contributed by atoms with Crippen LogP contribution in [-0.2, 0) is 0 Å². The topological polar surface area (TPSA) is 72.7 Å². The standard InChI is InChI=1S/C18H13F2N3OS/c1-10(25-16-8-11(19)6-7-13(16)20)17(24)12(9-21)18-22-14-4-2-3-5-15(14)23-18/h2-8,10,24H,1H3,(H,22,23)/b17-12-/t10-/m1/s1. The van der Waals surface area contributed by atoms with Gasteiger partial charge in [-0.05, 0) is 37.3 Å². The summed E-state index contributed by atoms with van der Waals surface area (Å²) in [7, 11) is 0. The summed E-state index contributed by atoms with van der Waals surface area (Å²) in [6.45, 7) is 1.60. The molecule has 0 radical (unpaired) electrons. The van der Waals surface area contributed by atoms with Crippen molar-refractivity contribution in [2.75, 3.05) is 0 Å². The first-order chi connectivity index (χ1) is 12.0. The van der Waals surface area contributed by atoms with Gasteiger partial charge in [-0.3, -0.25) is 0 Å². The van der Waals surface area contributed by atoms with Gasteiger partial charge in [0.1, 0.15) is 29.0 Å². The fourth-order valence-electron chi connectivity index (χ4n) is 2.32. The normalized spacial score (nSPS) is 13.4. The van der Waals surface area contributed by atoms with Crippen molar-refractivity contribution in [2.24, 2.45) is 0 Å². The van der Waals surface area contributed by atoms with Gasteiger partial charge in [0.25, 0.3) is 0 Å². The van der Waals surface area contributed by atoms with E-state index in [1.165, 1.54) is 0 Å². The van der Waals surface area contributed by atoms with Gasteiger partial charge in [0.05, 0.1) is 16.3 Å². The van der Waals surface area contributed by atoms with Gasteiger partial charge in [0.2, 0.25) is 0 Å². The first-order valence-electron chi connectivity index (χ1n) is 7.39. The van der Waals surface area contributed by atoms with Gasteiger partial charge in [-0.2, -0.15) is 5.26 Å². The average Bonchev–Trinajstić information content (AvgIpc) is 3.02. The number of nitrogens with one attached hydrogen (secondary N) is 1. The number of nitrogens with zero attached hydrogens (tertiary/aromatic N) is 2. The van der Waals surface area contributed by atoms with E-state index < -0.39 is 16.9 Å². The lowest BCUT2D eigenvalue weighted by Gasteiger charge is -2.12. The maximum Gasteiger partial charge on any atom is 0.152 e. The van der Waals surface area contributed by atoms with Gasteiger partial charge in [0.15, 0.2) is 5.82 Å². The number of allylic oxidation sites excluding steroid dienone is 1. The first kappa shape index (κ1) is 17.0. The van der Waals surface area contributed by atoms with E-state index in [2.05, 4.69) is 9.97 Å². The van der Waals surface area contributed by atoms with Crippen LogP contribution in [0, 0.1) is 23.0 Å². The Kier molecular flexibility index (Phi) is 4.72. The summed E-state index contributed by atoms with van der Waals surface area (Å²) in [6.07, 6.45) is 0. The summed E-state index contributed by atoms with van der Waals surface area (Å²) in [5.74, 6) is -1.19. The number of para-hydroxylation sites is 2. The number of H-pyrrole nitrogens is 1. The SMILES string of the molecule is C[C@@H](Sc1cc(F)ccc1F)/C(O)=C(\C#N)c1nc2ccccc2[nH]1. The molecule has 1 heterocycles. The lowest BCUT2D eigenvalue weighted by Crippen LogP contribution is -2.05. The van der Waals surface area contributed by atoms with Gasteiger partial charge >= 0.3 is 0 Å². The fraction of sp³-hybridized carbons (Fsp3) is 0.111. The van der Waals surface area contributed by atoms with Gasteiger partial charge in [-0.1, -0.05) is 12.1 Å². The highest BCUT2D eigenvalue weighted by Crippen LogP contribution is 2.32. The smallest absolute Gasteiger partial charge is 0.152 e. The van der Waals surface area contributed by atoms with Crippen LogP contribution in [0.2, 0.25) is 0 Å². The molecule has 0 bridgehead atoms. The number of fused-ring (bicyclic) bond motifs is 1. The molecule has 4 nitrogen and oxygen atoms in total. The number of aliphatic hydroxyl groups is 1. The molecule has 0 aliphatic heterocycles. The minimum absolute atomic E-state index is 0.0342. The second kappa shape index (κ2) is 6.95. The van der Waals surface area contributed by atoms with Crippen LogP contribution in [0.15, 0.2) is 53.1 Å². The van der Waals surface area contributed by atoms with Gasteiger partial charge in [-0.25, -0.2) is 13.8 Å². The van der Waals surface area contributed by atoms with E-state index in [4.69, 9.17) is 0 Å². The van der Waals surface area contributed by atoms with Gasteiger partial charge in [0, 0.05) is 4.90 Å². The van der Waals surface area contributed by atoms with E-state index in [9.17, 15) is 19.1 Å². The van der Waals surface area contributed by atoms with Crippen LogP contribution >= 0.6 is 11.8 Å². The van der Waals surface area contributed by atoms with Gasteiger partial charge < -0.3 is 10.1 Å². The van der Waals surface area contributed by atoms with Crippen molar-refractivity contribution in [2.45, 2.75) is 17.1 Å². The van der Waals surface area contributed by atoms with Gasteiger partial charge in [-0.15, -0.1) is 11.8 Å². The molecule has 0 unspecified atom stereocenters. The largest absolute Gasteiger partial charge is 0.510 e. The second-order valence-corrected chi connectivity index (χ2v) is 6.69. The molecule has 25 heavy (non-hydrogen) atoms. The monoisotopic (exact) mass is 357 g/mol. The molecule has 2 aromatic carbocycles. The number of nitriles is 1. The summed E-state index contributed by atoms with van der Waals surface area (Å²) in [4.78, 5) is 7.32. The quantitative estimate of drug-likeness (QED) is 0.399. The lowest BCUT2D eigenvalue weighted by atomic mass is 10.2. The van der Waals surface area contributed by atoms with Crippen molar-refractivity contribution in [3.63, 3.8) is 0 Å². The van der Waals surface area contributed by atoms with Crippen molar-refractivity contribution < 1.29 is 13.9 Å². The molecule has 0 aliphatic rings. The summed E-state index contributed by atoms with van der Waals surface area (Å²) >= 11 is 0.922. The highest BCUT2D eigenvalue weighted by molar-refractivity contribution is 8.00. The van der Waals surface area contributed by atoms with E-state index in [1.54, 1.807) is 19.1 Å². The first-order valence-corrected chi connectivity index (χ1v) is 8.27. The lowest BCUT2D eigenvalue weighted by molar-refractivity contribution is 0.401. The van der Waals surface area contributed by atoms with Crippen LogP contribution in [0.4, 0.5) is 8.78 Å². The third-order valence-corrected chi connectivity index (χ3v) is 4.72. The molecule has 0 saturated carbocycles. The summed E-state index contributed by atoms with van der Waals surface area (Å²) in [5.41, 5.74) is 1.36. The molecule has 0 spiro atoms. The van der Waals surface area contributed by atoms with Crippen LogP contribution in [0.1, 0.15) is 12.7 Å². The van der Waals surface area contributed by atoms with Crippen molar-refractivity contribution in [1.29, 1.82) is 5.26 Å². The highest BCUT2D eigenvalue weighted by Gasteiger charge is 2.20. The van der Waals surface area contributed by atoms with Crippen molar-refractivity contribution in [3.05, 3.63) is 65.7 Å². The maximum atomic E-state index is 13.8. The zero-order chi connectivity index (χ0) is 18.0. The summed E-state index contributed by atoms with van der Waals surface area (Å²) in [6, 6.07) is 12.2. The number of rotatable bonds is 4. The minimum atomic E-state index is -0.667. The number of halogens is 2. The van der Waals surface area contributed by atoms with Crippen LogP contribution < -0.4 is 0 Å². The van der Waals surface area contributed by atoms with Crippen LogP contribution in [0.5, 0.6) is 0 Å². The Hall–Kier alpha value is -2.85. The number of aliphatic hydroxyl groups excluding tert-OH is 1. The zero-order valence-corrected chi connectivity index (χ0v) is 13.9. The molecule has 2 N–H and O–H groups in total. The Labute approximate surface area is 146 Å². The summed E-state index contributed by atoms with van der Waals surface area (Å²) < 4.78 is 27.1. The Morgan fingerprint density at radius 3 is 2.76 bits per heavy atom. The average molecular weight is 357 g/mol. The third-order valence-electron chi connectivity index (χ3n) is 3.58. The third kappa shape index (κ3) is 3.49. The van der Waals surface area contributed by atoms with Crippen LogP contribution in [0.3, 0.4) is 0 Å². The Bertz CT molecular complexity index is 974. The second-order valence-electron chi connectivity index (χ2n) is 5.31. The van der Waals surface area contributed by atoms with E-state index in [0.29, 0.717) is 5.52 Å². The Balaban J connectivity index is 1.95. The molecular formula is C18H13F2N3OS. The predicted molar refractivity (Wildman–Crippen MR) is 92.9 cm³/mol. The van der Waals surface area contributed by atoms with Crippen molar-refractivity contribution in [1.82, 2.24) is 9.97 Å². The molecule has 126 valence electrons. The van der Waals surface area contributed by atoms with E-state index in [-0.39, 0.29) is 22.1 Å². The molecular weight excluding hydrogens is 344 g/mol. The van der Waals surface area contributed by atoms with E-state index >= 15 is 0 Å². The minimum Gasteiger partial charge on any atom is -0.510 e. The molecule has 0 aliphatic carbocycles. The fourth-order valence-corrected chi connectivity index (χ4v) is 3.29. The number of benzene rings is 2. The Morgan fingerprint density at radius 1 is 1.28 bits per heavy atom. The van der Waals surface area contributed by atoms with Crippen molar-refractivity contribution in [3.8, 4) is 6.07 Å². The number of aromatic nitrogens is 2. The molecule has 0 saturated heterocycles. The number of hydrogen-bond donors (Lipinski definition) is 2. The maximum absolute atomic E-state index is 13.8. The van der Waals surface area contributed by atoms with E-state index in [0.717, 1.165) is 35.5 Å². The van der Waals surface area contributed by atoms with E-state index in [1.807, 2.05) is 18.2 Å².